The van der Waals surface area contributed by atoms with Gasteiger partial charge in [-0.2, -0.15) is 13.2 Å². The predicted octanol–water partition coefficient (Wildman–Crippen LogP) is 3.89. The molecule has 0 aromatic rings. The topological polar surface area (TPSA) is 9.23 Å². The van der Waals surface area contributed by atoms with Crippen molar-refractivity contribution in [2.24, 2.45) is 0 Å². The number of hydrogen-bond acceptors (Lipinski definition) is 1. The molecule has 1 nitrogen and oxygen atoms in total. The Bertz CT molecular complexity index is 135. The third-order valence-electron chi connectivity index (χ3n) is 0.924. The fourth-order valence-corrected chi connectivity index (χ4v) is 1.84. The monoisotopic (exact) mass is 408 g/mol. The summed E-state index contributed by atoms with van der Waals surface area (Å²) in [6, 6.07) is 0. The van der Waals surface area contributed by atoms with Gasteiger partial charge < -0.3 is 4.74 Å². The van der Waals surface area contributed by atoms with E-state index in [4.69, 9.17) is 4.74 Å². The van der Waals surface area contributed by atoms with Gasteiger partial charge in [-0.15, -0.1) is 0 Å². The lowest BCUT2D eigenvalue weighted by Crippen LogP contribution is -2.25. The Kier molecular flexibility index (Phi) is 5.70. The number of halogens is 5. The minimum absolute atomic E-state index is 0.363. The van der Waals surface area contributed by atoms with Crippen LogP contribution in [0.5, 0.6) is 0 Å². The molecule has 0 bridgehead atoms. The van der Waals surface area contributed by atoms with Crippen molar-refractivity contribution in [1.82, 2.24) is 0 Å². The molecular formula is C6H9F3I2O. The van der Waals surface area contributed by atoms with E-state index in [0.717, 1.165) is 6.42 Å². The van der Waals surface area contributed by atoms with Crippen LogP contribution < -0.4 is 0 Å². The number of ether oxygens (including phenoxy) is 1. The molecule has 0 spiro atoms. The van der Waals surface area contributed by atoms with Crippen molar-refractivity contribution in [2.45, 2.75) is 27.6 Å². The van der Waals surface area contributed by atoms with E-state index in [1.807, 2.05) is 6.92 Å². The Balaban J connectivity index is 3.86. The van der Waals surface area contributed by atoms with Gasteiger partial charge in [0.1, 0.15) is 0 Å². The number of alkyl halides is 5. The van der Waals surface area contributed by atoms with Gasteiger partial charge in [-0.3, -0.25) is 0 Å². The van der Waals surface area contributed by atoms with Crippen LogP contribution in [-0.2, 0) is 4.74 Å². The highest BCUT2D eigenvalue weighted by atomic mass is 127. The van der Waals surface area contributed by atoms with E-state index in [0.29, 0.717) is 6.61 Å². The molecule has 0 amide bonds. The highest BCUT2D eigenvalue weighted by Gasteiger charge is 2.39. The lowest BCUT2D eigenvalue weighted by molar-refractivity contribution is -0.149. The first-order chi connectivity index (χ1) is 5.27. The molecule has 0 aliphatic heterocycles. The number of rotatable bonds is 4. The summed E-state index contributed by atoms with van der Waals surface area (Å²) in [4.78, 5) is 0. The summed E-state index contributed by atoms with van der Waals surface area (Å²) in [6.07, 6.45) is -4.34. The Morgan fingerprint density at radius 2 is 1.75 bits per heavy atom. The third kappa shape index (κ3) is 7.84. The molecule has 0 saturated carbocycles. The molecule has 0 aliphatic rings. The average Bonchev–Trinajstić information content (AvgIpc) is 1.78. The van der Waals surface area contributed by atoms with Crippen LogP contribution in [-0.4, -0.2) is 14.4 Å². The average molecular weight is 408 g/mol. The minimum Gasteiger partial charge on any atom is -0.355 e. The van der Waals surface area contributed by atoms with E-state index in [1.54, 1.807) is 45.2 Å². The zero-order chi connectivity index (χ0) is 9.83. The summed E-state index contributed by atoms with van der Waals surface area (Å²) < 4.78 is 39.5. The molecule has 0 fully saturated rings. The lowest BCUT2D eigenvalue weighted by atomic mass is 10.4. The zero-order valence-electron chi connectivity index (χ0n) is 6.42. The Hall–Kier alpha value is 1.21. The lowest BCUT2D eigenvalue weighted by Gasteiger charge is -2.22. The van der Waals surface area contributed by atoms with Crippen molar-refractivity contribution < 1.29 is 17.9 Å². The normalized spacial score (nSPS) is 13.5. The van der Waals surface area contributed by atoms with Crippen molar-refractivity contribution in [3.63, 3.8) is 0 Å². The Morgan fingerprint density at radius 3 is 2.08 bits per heavy atom. The molecule has 74 valence electrons. The molecule has 0 unspecified atom stereocenters. The molecule has 0 atom stereocenters. The fourth-order valence-electron chi connectivity index (χ4n) is 0.536. The Labute approximate surface area is 96.7 Å². The molecule has 0 aromatic heterocycles. The fraction of sp³-hybridized carbons (Fsp3) is 1.00. The summed E-state index contributed by atoms with van der Waals surface area (Å²) in [5, 5.41) is 0. The van der Waals surface area contributed by atoms with Gasteiger partial charge in [-0.25, -0.2) is 0 Å². The van der Waals surface area contributed by atoms with Gasteiger partial charge in [0.25, 0.3) is 0 Å². The van der Waals surface area contributed by atoms with E-state index in [1.165, 1.54) is 0 Å². The van der Waals surface area contributed by atoms with Gasteiger partial charge in [0.2, 0.25) is 0 Å². The van der Waals surface area contributed by atoms with Crippen LogP contribution in [0.15, 0.2) is 0 Å². The maximum atomic E-state index is 11.9. The van der Waals surface area contributed by atoms with Crippen molar-refractivity contribution in [3.8, 4) is 0 Å². The van der Waals surface area contributed by atoms with Gasteiger partial charge in [-0.05, 0) is 51.6 Å². The van der Waals surface area contributed by atoms with Gasteiger partial charge in [0.15, 0.2) is 1.61 Å². The number of hydrogen-bond donors (Lipinski definition) is 0. The maximum Gasteiger partial charge on any atom is 0.393 e. The molecule has 0 aliphatic carbocycles. The van der Waals surface area contributed by atoms with Gasteiger partial charge in [-0.1, -0.05) is 6.92 Å². The van der Waals surface area contributed by atoms with E-state index in [2.05, 4.69) is 0 Å². The van der Waals surface area contributed by atoms with E-state index >= 15 is 0 Å². The smallest absolute Gasteiger partial charge is 0.355 e. The van der Waals surface area contributed by atoms with Crippen LogP contribution in [0.2, 0.25) is 0 Å². The van der Waals surface area contributed by atoms with Crippen LogP contribution in [0.25, 0.3) is 0 Å². The van der Waals surface area contributed by atoms with E-state index < -0.39 is 14.2 Å². The predicted molar refractivity (Wildman–Crippen MR) is 57.7 cm³/mol. The zero-order valence-corrected chi connectivity index (χ0v) is 10.7. The van der Waals surface area contributed by atoms with Crippen molar-refractivity contribution in [3.05, 3.63) is 0 Å². The van der Waals surface area contributed by atoms with Gasteiger partial charge >= 0.3 is 6.18 Å². The van der Waals surface area contributed by atoms with Crippen LogP contribution in [0, 0.1) is 0 Å². The Morgan fingerprint density at radius 1 is 1.25 bits per heavy atom. The van der Waals surface area contributed by atoms with E-state index in [-0.39, 0.29) is 0 Å². The van der Waals surface area contributed by atoms with Gasteiger partial charge in [0, 0.05) is 6.61 Å². The standard InChI is InChI=1S/C6H9F3I2O/c1-2-3-12-6(10,11)4-5(7,8)9/h2-4H2,1H3. The molecule has 0 radical (unpaired) electrons. The second kappa shape index (κ2) is 5.18. The SMILES string of the molecule is CCCOC(I)(I)CC(F)(F)F. The van der Waals surface area contributed by atoms with Crippen LogP contribution in [0.1, 0.15) is 19.8 Å². The molecule has 12 heavy (non-hydrogen) atoms. The molecular weight excluding hydrogens is 399 g/mol. The molecule has 0 rings (SSSR count). The first kappa shape index (κ1) is 13.2. The quantitative estimate of drug-likeness (QED) is 0.507. The molecule has 0 heterocycles. The summed E-state index contributed by atoms with van der Waals surface area (Å²) in [7, 11) is 0. The van der Waals surface area contributed by atoms with Crippen LogP contribution in [0.3, 0.4) is 0 Å². The first-order valence-electron chi connectivity index (χ1n) is 3.35. The largest absolute Gasteiger partial charge is 0.393 e. The first-order valence-corrected chi connectivity index (χ1v) is 5.51. The van der Waals surface area contributed by atoms with Crippen LogP contribution >= 0.6 is 45.2 Å². The molecule has 0 saturated heterocycles. The third-order valence-corrected chi connectivity index (χ3v) is 2.31. The second-order valence-electron chi connectivity index (χ2n) is 2.28. The summed E-state index contributed by atoms with van der Waals surface area (Å²) in [5.41, 5.74) is 0. The summed E-state index contributed by atoms with van der Waals surface area (Å²) in [5.74, 6) is 0. The van der Waals surface area contributed by atoms with E-state index in [9.17, 15) is 13.2 Å². The summed E-state index contributed by atoms with van der Waals surface area (Å²) in [6.45, 7) is 2.22. The van der Waals surface area contributed by atoms with Crippen molar-refractivity contribution >= 4 is 45.2 Å². The van der Waals surface area contributed by atoms with Crippen LogP contribution in [0.4, 0.5) is 13.2 Å². The maximum absolute atomic E-state index is 11.9. The molecule has 0 aromatic carbocycles. The second-order valence-corrected chi connectivity index (χ2v) is 7.83. The molecule has 0 N–H and O–H groups in total. The van der Waals surface area contributed by atoms with Crippen molar-refractivity contribution in [2.75, 3.05) is 6.61 Å². The highest BCUT2D eigenvalue weighted by molar-refractivity contribution is 14.2. The highest BCUT2D eigenvalue weighted by Crippen LogP contribution is 2.40. The minimum atomic E-state index is -4.16. The molecule has 6 heteroatoms. The summed E-state index contributed by atoms with van der Waals surface area (Å²) >= 11 is 3.34. The van der Waals surface area contributed by atoms with Crippen molar-refractivity contribution in [1.29, 1.82) is 0 Å². The van der Waals surface area contributed by atoms with Gasteiger partial charge in [0.05, 0.1) is 6.42 Å².